The molecular formula is C24H26F2N2O4S. The van der Waals surface area contributed by atoms with E-state index in [4.69, 9.17) is 15.2 Å². The number of nitrogens with two attached hydrogens (primary N) is 1. The van der Waals surface area contributed by atoms with E-state index in [0.29, 0.717) is 17.0 Å². The van der Waals surface area contributed by atoms with Gasteiger partial charge in [0.1, 0.15) is 11.6 Å². The summed E-state index contributed by atoms with van der Waals surface area (Å²) in [7, 11) is -1.20. The first-order valence-corrected chi connectivity index (χ1v) is 11.6. The maximum atomic E-state index is 14.3. The van der Waals surface area contributed by atoms with Crippen molar-refractivity contribution in [1.29, 1.82) is 0 Å². The van der Waals surface area contributed by atoms with Crippen molar-refractivity contribution in [3.63, 3.8) is 0 Å². The van der Waals surface area contributed by atoms with Gasteiger partial charge in [-0.05, 0) is 54.4 Å². The van der Waals surface area contributed by atoms with Crippen LogP contribution in [0.1, 0.15) is 16.7 Å². The standard InChI is InChI=1S/C24H26F2N2O4S/c1-16-4-8-22(18(12-16)13-17-14-19(25)5-7-21(17)26)28(11-10-27)33(29,30)20-6-9-23(31-2)24(15-20)32-3/h4-9,12,14-15H,10-11,13,27H2,1-3H3. The molecule has 0 fully saturated rings. The molecule has 0 saturated heterocycles. The summed E-state index contributed by atoms with van der Waals surface area (Å²) in [5.41, 5.74) is 7.59. The van der Waals surface area contributed by atoms with Crippen LogP contribution in [0.5, 0.6) is 11.5 Å². The molecule has 9 heteroatoms. The molecule has 0 atom stereocenters. The van der Waals surface area contributed by atoms with Gasteiger partial charge in [0.05, 0.1) is 24.8 Å². The number of ether oxygens (including phenoxy) is 2. The third-order valence-electron chi connectivity index (χ3n) is 5.17. The van der Waals surface area contributed by atoms with Gasteiger partial charge in [-0.1, -0.05) is 17.7 Å². The van der Waals surface area contributed by atoms with Crippen molar-refractivity contribution in [3.05, 3.63) is 82.9 Å². The summed E-state index contributed by atoms with van der Waals surface area (Å²) in [5.74, 6) is -0.494. The quantitative estimate of drug-likeness (QED) is 0.504. The van der Waals surface area contributed by atoms with E-state index in [1.54, 1.807) is 18.2 Å². The second kappa shape index (κ2) is 10.2. The normalized spacial score (nSPS) is 11.3. The van der Waals surface area contributed by atoms with Gasteiger partial charge in [0, 0.05) is 25.6 Å². The number of halogens is 2. The first-order valence-electron chi connectivity index (χ1n) is 10.2. The average Bonchev–Trinajstić information content (AvgIpc) is 2.79. The molecule has 6 nitrogen and oxygen atoms in total. The Hall–Kier alpha value is -3.17. The van der Waals surface area contributed by atoms with Gasteiger partial charge in [-0.3, -0.25) is 4.31 Å². The van der Waals surface area contributed by atoms with Gasteiger partial charge < -0.3 is 15.2 Å². The molecule has 0 aliphatic rings. The van der Waals surface area contributed by atoms with Crippen LogP contribution in [-0.2, 0) is 16.4 Å². The van der Waals surface area contributed by atoms with Crippen LogP contribution < -0.4 is 19.5 Å². The first-order chi connectivity index (χ1) is 15.7. The summed E-state index contributed by atoms with van der Waals surface area (Å²) in [5, 5.41) is 0. The van der Waals surface area contributed by atoms with Crippen LogP contribution in [0.4, 0.5) is 14.5 Å². The van der Waals surface area contributed by atoms with E-state index in [2.05, 4.69) is 0 Å². The molecule has 3 aromatic carbocycles. The zero-order valence-corrected chi connectivity index (χ0v) is 19.5. The third kappa shape index (κ3) is 5.26. The fourth-order valence-corrected chi connectivity index (χ4v) is 5.11. The van der Waals surface area contributed by atoms with Crippen molar-refractivity contribution in [2.45, 2.75) is 18.2 Å². The number of aryl methyl sites for hydroxylation is 1. The third-order valence-corrected chi connectivity index (χ3v) is 6.98. The van der Waals surface area contributed by atoms with Crippen molar-refractivity contribution in [3.8, 4) is 11.5 Å². The Bertz CT molecular complexity index is 1250. The fourth-order valence-electron chi connectivity index (χ4n) is 3.57. The van der Waals surface area contributed by atoms with E-state index in [0.717, 1.165) is 23.8 Å². The molecule has 0 radical (unpaired) electrons. The minimum atomic E-state index is -4.07. The van der Waals surface area contributed by atoms with Crippen LogP contribution in [0.15, 0.2) is 59.5 Å². The van der Waals surface area contributed by atoms with Gasteiger partial charge in [0.25, 0.3) is 10.0 Å². The molecule has 0 aliphatic heterocycles. The van der Waals surface area contributed by atoms with Crippen LogP contribution >= 0.6 is 0 Å². The molecule has 0 bridgehead atoms. The summed E-state index contributed by atoms with van der Waals surface area (Å²) >= 11 is 0. The number of hydrogen-bond acceptors (Lipinski definition) is 5. The molecule has 0 aliphatic carbocycles. The van der Waals surface area contributed by atoms with Crippen LogP contribution in [0.2, 0.25) is 0 Å². The molecule has 0 saturated carbocycles. The zero-order chi connectivity index (χ0) is 24.2. The molecular weight excluding hydrogens is 450 g/mol. The Morgan fingerprint density at radius 1 is 0.909 bits per heavy atom. The molecule has 176 valence electrons. The van der Waals surface area contributed by atoms with E-state index < -0.39 is 21.7 Å². The van der Waals surface area contributed by atoms with Gasteiger partial charge >= 0.3 is 0 Å². The van der Waals surface area contributed by atoms with Crippen molar-refractivity contribution in [1.82, 2.24) is 0 Å². The molecule has 0 heterocycles. The highest BCUT2D eigenvalue weighted by Crippen LogP contribution is 2.34. The van der Waals surface area contributed by atoms with Gasteiger partial charge in [0.15, 0.2) is 11.5 Å². The van der Waals surface area contributed by atoms with Gasteiger partial charge in [-0.2, -0.15) is 0 Å². The number of hydrogen-bond donors (Lipinski definition) is 1. The Labute approximate surface area is 192 Å². The van der Waals surface area contributed by atoms with Gasteiger partial charge in [-0.25, -0.2) is 17.2 Å². The van der Waals surface area contributed by atoms with Crippen LogP contribution in [0.25, 0.3) is 0 Å². The van der Waals surface area contributed by atoms with E-state index in [1.807, 2.05) is 6.92 Å². The second-order valence-corrected chi connectivity index (χ2v) is 9.29. The summed E-state index contributed by atoms with van der Waals surface area (Å²) in [6, 6.07) is 12.7. The largest absolute Gasteiger partial charge is 0.493 e. The number of sulfonamides is 1. The van der Waals surface area contributed by atoms with Crippen molar-refractivity contribution in [2.75, 3.05) is 31.6 Å². The lowest BCUT2D eigenvalue weighted by molar-refractivity contribution is 0.354. The lowest BCUT2D eigenvalue weighted by atomic mass is 10.0. The van der Waals surface area contributed by atoms with Gasteiger partial charge in [-0.15, -0.1) is 0 Å². The average molecular weight is 477 g/mol. The molecule has 33 heavy (non-hydrogen) atoms. The predicted octanol–water partition coefficient (Wildman–Crippen LogP) is 4.04. The lowest BCUT2D eigenvalue weighted by Gasteiger charge is -2.27. The topological polar surface area (TPSA) is 81.9 Å². The number of anilines is 1. The van der Waals surface area contributed by atoms with Crippen molar-refractivity contribution >= 4 is 15.7 Å². The van der Waals surface area contributed by atoms with E-state index in [1.165, 1.54) is 36.7 Å². The lowest BCUT2D eigenvalue weighted by Crippen LogP contribution is -2.36. The zero-order valence-electron chi connectivity index (χ0n) is 18.6. The number of rotatable bonds is 9. The summed E-state index contributed by atoms with van der Waals surface area (Å²) < 4.78 is 67.0. The SMILES string of the molecule is COc1ccc(S(=O)(=O)N(CCN)c2ccc(C)cc2Cc2cc(F)ccc2F)cc1OC. The Morgan fingerprint density at radius 2 is 1.64 bits per heavy atom. The summed E-state index contributed by atoms with van der Waals surface area (Å²) in [4.78, 5) is -0.0166. The highest BCUT2D eigenvalue weighted by atomic mass is 32.2. The minimum absolute atomic E-state index is 0.00311. The van der Waals surface area contributed by atoms with E-state index >= 15 is 0 Å². The Morgan fingerprint density at radius 3 is 2.30 bits per heavy atom. The molecule has 0 aromatic heterocycles. The van der Waals surface area contributed by atoms with Crippen molar-refractivity contribution in [2.24, 2.45) is 5.73 Å². The molecule has 3 aromatic rings. The summed E-state index contributed by atoms with van der Waals surface area (Å²) in [6.45, 7) is 1.87. The summed E-state index contributed by atoms with van der Waals surface area (Å²) in [6.07, 6.45) is 0.00311. The fraction of sp³-hybridized carbons (Fsp3) is 0.250. The van der Waals surface area contributed by atoms with E-state index in [-0.39, 0.29) is 35.7 Å². The Kier molecular flexibility index (Phi) is 7.55. The monoisotopic (exact) mass is 476 g/mol. The minimum Gasteiger partial charge on any atom is -0.493 e. The molecule has 0 spiro atoms. The maximum absolute atomic E-state index is 14.3. The van der Waals surface area contributed by atoms with E-state index in [9.17, 15) is 17.2 Å². The molecule has 0 amide bonds. The predicted molar refractivity (Wildman–Crippen MR) is 123 cm³/mol. The van der Waals surface area contributed by atoms with Crippen LogP contribution in [-0.4, -0.2) is 35.7 Å². The number of benzene rings is 3. The molecule has 3 rings (SSSR count). The Balaban J connectivity index is 2.13. The smallest absolute Gasteiger partial charge is 0.264 e. The number of methoxy groups -OCH3 is 2. The number of nitrogens with zero attached hydrogens (tertiary/aromatic N) is 1. The van der Waals surface area contributed by atoms with Gasteiger partial charge in [0.2, 0.25) is 0 Å². The highest BCUT2D eigenvalue weighted by Gasteiger charge is 2.28. The van der Waals surface area contributed by atoms with Crippen LogP contribution in [0, 0.1) is 18.6 Å². The maximum Gasteiger partial charge on any atom is 0.264 e. The first kappa shape index (κ1) is 24.5. The van der Waals surface area contributed by atoms with Crippen molar-refractivity contribution < 1.29 is 26.7 Å². The van der Waals surface area contributed by atoms with Crippen LogP contribution in [0.3, 0.4) is 0 Å². The second-order valence-electron chi connectivity index (χ2n) is 7.43. The molecule has 2 N–H and O–H groups in total. The highest BCUT2D eigenvalue weighted by molar-refractivity contribution is 7.92. The molecule has 0 unspecified atom stereocenters.